The molecule has 0 atom stereocenters. The Morgan fingerprint density at radius 1 is 0.947 bits per heavy atom. The van der Waals surface area contributed by atoms with Gasteiger partial charge in [-0.25, -0.2) is 0 Å². The van der Waals surface area contributed by atoms with Gasteiger partial charge in [0.25, 0.3) is 0 Å². The molecule has 90 valence electrons. The lowest BCUT2D eigenvalue weighted by molar-refractivity contribution is 0.417. The van der Waals surface area contributed by atoms with Gasteiger partial charge in [0.05, 0.1) is 24.7 Å². The standard InChI is InChI=1S/C16H11N3/c17-8-12-4-6-13(7-5-12)15-3-1-2-14-9-19(11-18)10-16(14)15/h1-7H,9-10H2. The van der Waals surface area contributed by atoms with Crippen LogP contribution in [0.25, 0.3) is 11.1 Å². The molecule has 19 heavy (non-hydrogen) atoms. The van der Waals surface area contributed by atoms with Crippen LogP contribution in [0, 0.1) is 22.8 Å². The molecule has 0 saturated carbocycles. The zero-order valence-corrected chi connectivity index (χ0v) is 10.3. The van der Waals surface area contributed by atoms with E-state index in [1.807, 2.05) is 30.3 Å². The highest BCUT2D eigenvalue weighted by Gasteiger charge is 2.20. The first-order valence-electron chi connectivity index (χ1n) is 6.08. The zero-order valence-electron chi connectivity index (χ0n) is 10.3. The van der Waals surface area contributed by atoms with Crippen molar-refractivity contribution in [2.45, 2.75) is 13.1 Å². The van der Waals surface area contributed by atoms with E-state index in [-0.39, 0.29) is 0 Å². The van der Waals surface area contributed by atoms with E-state index in [4.69, 9.17) is 10.5 Å². The minimum Gasteiger partial charge on any atom is -0.302 e. The SMILES string of the molecule is N#Cc1ccc(-c2cccc3c2CN(C#N)C3)cc1. The predicted molar refractivity (Wildman–Crippen MR) is 71.5 cm³/mol. The molecule has 0 unspecified atom stereocenters. The summed E-state index contributed by atoms with van der Waals surface area (Å²) in [5, 5.41) is 17.8. The average Bonchev–Trinajstić information content (AvgIpc) is 2.90. The van der Waals surface area contributed by atoms with Crippen LogP contribution in [-0.2, 0) is 13.1 Å². The summed E-state index contributed by atoms with van der Waals surface area (Å²) in [5.41, 5.74) is 5.34. The summed E-state index contributed by atoms with van der Waals surface area (Å²) < 4.78 is 0. The second-order valence-electron chi connectivity index (χ2n) is 4.59. The fourth-order valence-electron chi connectivity index (χ4n) is 2.49. The van der Waals surface area contributed by atoms with E-state index in [9.17, 15) is 0 Å². The topological polar surface area (TPSA) is 50.8 Å². The van der Waals surface area contributed by atoms with Gasteiger partial charge in [-0.15, -0.1) is 0 Å². The van der Waals surface area contributed by atoms with Crippen molar-refractivity contribution >= 4 is 0 Å². The maximum atomic E-state index is 9.01. The molecule has 0 saturated heterocycles. The summed E-state index contributed by atoms with van der Waals surface area (Å²) >= 11 is 0. The number of fused-ring (bicyclic) bond motifs is 1. The molecule has 0 amide bonds. The molecular formula is C16H11N3. The number of hydrogen-bond donors (Lipinski definition) is 0. The Hall–Kier alpha value is -2.78. The number of nitriles is 2. The van der Waals surface area contributed by atoms with E-state index in [2.05, 4.69) is 24.4 Å². The molecule has 0 aromatic heterocycles. The largest absolute Gasteiger partial charge is 0.302 e. The lowest BCUT2D eigenvalue weighted by atomic mass is 9.96. The molecule has 0 bridgehead atoms. The average molecular weight is 245 g/mol. The van der Waals surface area contributed by atoms with Crippen molar-refractivity contribution in [3.05, 3.63) is 59.2 Å². The van der Waals surface area contributed by atoms with Crippen molar-refractivity contribution in [1.82, 2.24) is 4.90 Å². The maximum Gasteiger partial charge on any atom is 0.179 e. The Balaban J connectivity index is 2.06. The molecule has 3 nitrogen and oxygen atoms in total. The molecule has 3 rings (SSSR count). The summed E-state index contributed by atoms with van der Waals surface area (Å²) in [6.45, 7) is 1.36. The summed E-state index contributed by atoms with van der Waals surface area (Å²) in [5.74, 6) is 0. The molecule has 0 spiro atoms. The Morgan fingerprint density at radius 3 is 2.42 bits per heavy atom. The van der Waals surface area contributed by atoms with E-state index < -0.39 is 0 Å². The molecular weight excluding hydrogens is 234 g/mol. The fourth-order valence-corrected chi connectivity index (χ4v) is 2.49. The monoisotopic (exact) mass is 245 g/mol. The molecule has 1 aliphatic rings. The molecule has 3 heteroatoms. The third kappa shape index (κ3) is 1.92. The van der Waals surface area contributed by atoms with Gasteiger partial charge in [0, 0.05) is 0 Å². The van der Waals surface area contributed by atoms with Crippen LogP contribution in [0.3, 0.4) is 0 Å². The quantitative estimate of drug-likeness (QED) is 0.725. The number of benzene rings is 2. The highest BCUT2D eigenvalue weighted by molar-refractivity contribution is 5.70. The van der Waals surface area contributed by atoms with E-state index in [0.717, 1.165) is 11.1 Å². The summed E-state index contributed by atoms with van der Waals surface area (Å²) in [4.78, 5) is 1.75. The Kier molecular flexibility index (Phi) is 2.67. The number of hydrogen-bond acceptors (Lipinski definition) is 3. The smallest absolute Gasteiger partial charge is 0.179 e. The molecule has 0 aliphatic carbocycles. The molecule has 1 aliphatic heterocycles. The van der Waals surface area contributed by atoms with Gasteiger partial charge in [-0.3, -0.25) is 0 Å². The van der Waals surface area contributed by atoms with Gasteiger partial charge in [0.1, 0.15) is 0 Å². The van der Waals surface area contributed by atoms with Gasteiger partial charge in [-0.2, -0.15) is 10.5 Å². The van der Waals surface area contributed by atoms with E-state index in [1.165, 1.54) is 11.1 Å². The summed E-state index contributed by atoms with van der Waals surface area (Å²) in [6.07, 6.45) is 2.20. The van der Waals surface area contributed by atoms with Crippen LogP contribution in [-0.4, -0.2) is 4.90 Å². The van der Waals surface area contributed by atoms with Crippen LogP contribution >= 0.6 is 0 Å². The Bertz CT molecular complexity index is 702. The van der Waals surface area contributed by atoms with Crippen molar-refractivity contribution < 1.29 is 0 Å². The van der Waals surface area contributed by atoms with Crippen LogP contribution in [0.2, 0.25) is 0 Å². The first-order chi connectivity index (χ1) is 9.31. The van der Waals surface area contributed by atoms with Crippen LogP contribution in [0.5, 0.6) is 0 Å². The first-order valence-corrected chi connectivity index (χ1v) is 6.08. The van der Waals surface area contributed by atoms with Crippen molar-refractivity contribution in [2.75, 3.05) is 0 Å². The lowest BCUT2D eigenvalue weighted by Gasteiger charge is -2.08. The van der Waals surface area contributed by atoms with Gasteiger partial charge < -0.3 is 4.90 Å². The van der Waals surface area contributed by atoms with Gasteiger partial charge in [0.2, 0.25) is 0 Å². The van der Waals surface area contributed by atoms with Crippen LogP contribution in [0.4, 0.5) is 0 Å². The van der Waals surface area contributed by atoms with E-state index in [1.54, 1.807) is 4.90 Å². The summed E-state index contributed by atoms with van der Waals surface area (Å²) in [6, 6.07) is 15.9. The van der Waals surface area contributed by atoms with E-state index >= 15 is 0 Å². The highest BCUT2D eigenvalue weighted by Crippen LogP contribution is 2.32. The Labute approximate surface area is 111 Å². The fraction of sp³-hybridized carbons (Fsp3) is 0.125. The third-order valence-electron chi connectivity index (χ3n) is 3.45. The normalized spacial score (nSPS) is 12.6. The van der Waals surface area contributed by atoms with Gasteiger partial charge in [0.15, 0.2) is 6.19 Å². The first kappa shape index (κ1) is 11.3. The molecule has 1 heterocycles. The van der Waals surface area contributed by atoms with Crippen molar-refractivity contribution in [3.63, 3.8) is 0 Å². The predicted octanol–water partition coefficient (Wildman–Crippen LogP) is 3.02. The van der Waals surface area contributed by atoms with Crippen LogP contribution < -0.4 is 0 Å². The van der Waals surface area contributed by atoms with Gasteiger partial charge in [-0.1, -0.05) is 30.3 Å². The molecule has 0 N–H and O–H groups in total. The number of nitrogens with zero attached hydrogens (tertiary/aromatic N) is 3. The molecule has 2 aromatic carbocycles. The lowest BCUT2D eigenvalue weighted by Crippen LogP contribution is -2.07. The second-order valence-corrected chi connectivity index (χ2v) is 4.59. The second kappa shape index (κ2) is 4.48. The summed E-state index contributed by atoms with van der Waals surface area (Å²) in [7, 11) is 0. The number of rotatable bonds is 1. The molecule has 0 radical (unpaired) electrons. The minimum atomic E-state index is 0.662. The van der Waals surface area contributed by atoms with Crippen LogP contribution in [0.1, 0.15) is 16.7 Å². The maximum absolute atomic E-state index is 9.01. The van der Waals surface area contributed by atoms with Gasteiger partial charge in [-0.05, 0) is 34.4 Å². The molecule has 0 fully saturated rings. The van der Waals surface area contributed by atoms with Crippen LogP contribution in [0.15, 0.2) is 42.5 Å². The van der Waals surface area contributed by atoms with Crippen molar-refractivity contribution in [1.29, 1.82) is 10.5 Å². The van der Waals surface area contributed by atoms with E-state index in [0.29, 0.717) is 18.7 Å². The minimum absolute atomic E-state index is 0.662. The Morgan fingerprint density at radius 2 is 1.74 bits per heavy atom. The van der Waals surface area contributed by atoms with Crippen molar-refractivity contribution in [2.24, 2.45) is 0 Å². The molecule has 2 aromatic rings. The third-order valence-corrected chi connectivity index (χ3v) is 3.45. The van der Waals surface area contributed by atoms with Gasteiger partial charge >= 0.3 is 0 Å². The zero-order chi connectivity index (χ0) is 13.2. The highest BCUT2D eigenvalue weighted by atomic mass is 15.1. The van der Waals surface area contributed by atoms with Crippen molar-refractivity contribution in [3.8, 4) is 23.4 Å².